The fourth-order valence-electron chi connectivity index (χ4n) is 2.73. The number of anilines is 1. The van der Waals surface area contributed by atoms with Gasteiger partial charge in [0, 0.05) is 12.1 Å². The molecule has 0 radical (unpaired) electrons. The molecule has 0 saturated carbocycles. The molecular formula is C20H20N4O4. The molecule has 1 aromatic carbocycles. The first-order chi connectivity index (χ1) is 13.4. The van der Waals surface area contributed by atoms with E-state index in [1.165, 1.54) is 24.4 Å². The van der Waals surface area contributed by atoms with Crippen molar-refractivity contribution in [1.29, 1.82) is 0 Å². The quantitative estimate of drug-likeness (QED) is 0.416. The molecule has 28 heavy (non-hydrogen) atoms. The van der Waals surface area contributed by atoms with Crippen LogP contribution in [0.15, 0.2) is 48.7 Å². The SMILES string of the molecule is Cc1ccc(-n2nc(C)c(NC(=O)COC(=O)c3cccc[n+]3[O-])c2C)cc1. The summed E-state index contributed by atoms with van der Waals surface area (Å²) in [6.07, 6.45) is 1.18. The highest BCUT2D eigenvalue weighted by Gasteiger charge is 2.20. The minimum atomic E-state index is -0.866. The summed E-state index contributed by atoms with van der Waals surface area (Å²) < 4.78 is 7.05. The zero-order chi connectivity index (χ0) is 20.3. The first-order valence-electron chi connectivity index (χ1n) is 8.65. The van der Waals surface area contributed by atoms with E-state index < -0.39 is 18.5 Å². The van der Waals surface area contributed by atoms with Gasteiger partial charge in [0.25, 0.3) is 5.91 Å². The van der Waals surface area contributed by atoms with E-state index in [1.807, 2.05) is 38.1 Å². The highest BCUT2D eigenvalue weighted by molar-refractivity contribution is 5.95. The van der Waals surface area contributed by atoms with Gasteiger partial charge in [-0.3, -0.25) is 4.79 Å². The lowest BCUT2D eigenvalue weighted by Gasteiger charge is -2.08. The summed E-state index contributed by atoms with van der Waals surface area (Å²) in [5, 5.41) is 18.7. The number of amides is 1. The molecule has 2 heterocycles. The maximum Gasteiger partial charge on any atom is 0.405 e. The second-order valence-electron chi connectivity index (χ2n) is 6.33. The van der Waals surface area contributed by atoms with Crippen LogP contribution >= 0.6 is 0 Å². The van der Waals surface area contributed by atoms with Gasteiger partial charge in [0.2, 0.25) is 0 Å². The van der Waals surface area contributed by atoms with Crippen molar-refractivity contribution < 1.29 is 19.1 Å². The van der Waals surface area contributed by atoms with E-state index in [1.54, 1.807) is 11.6 Å². The number of benzene rings is 1. The molecule has 0 unspecified atom stereocenters. The second kappa shape index (κ2) is 7.91. The third kappa shape index (κ3) is 4.01. The van der Waals surface area contributed by atoms with Gasteiger partial charge < -0.3 is 15.3 Å². The van der Waals surface area contributed by atoms with Gasteiger partial charge in [-0.2, -0.15) is 9.83 Å². The van der Waals surface area contributed by atoms with Crippen molar-refractivity contribution in [2.45, 2.75) is 20.8 Å². The smallest absolute Gasteiger partial charge is 0.405 e. The van der Waals surface area contributed by atoms with Crippen LogP contribution in [0.4, 0.5) is 5.69 Å². The van der Waals surface area contributed by atoms with Crippen LogP contribution < -0.4 is 10.0 Å². The van der Waals surface area contributed by atoms with Crippen molar-refractivity contribution in [2.24, 2.45) is 0 Å². The standard InChI is InChI=1S/C20H20N4O4/c1-13-7-9-16(10-8-13)24-15(3)19(14(2)22-24)21-18(25)12-28-20(26)17-6-4-5-11-23(17)27/h4-11H,12H2,1-3H3,(H,21,25). The highest BCUT2D eigenvalue weighted by atomic mass is 16.5. The Morgan fingerprint density at radius 3 is 2.54 bits per heavy atom. The third-order valence-electron chi connectivity index (χ3n) is 4.20. The summed E-state index contributed by atoms with van der Waals surface area (Å²) in [7, 11) is 0. The maximum atomic E-state index is 12.2. The molecule has 2 aromatic heterocycles. The van der Waals surface area contributed by atoms with E-state index >= 15 is 0 Å². The molecule has 0 bridgehead atoms. The lowest BCUT2D eigenvalue weighted by molar-refractivity contribution is -0.608. The molecule has 0 atom stereocenters. The van der Waals surface area contributed by atoms with Crippen LogP contribution in [-0.2, 0) is 9.53 Å². The van der Waals surface area contributed by atoms with E-state index in [9.17, 15) is 14.8 Å². The predicted molar refractivity (Wildman–Crippen MR) is 102 cm³/mol. The van der Waals surface area contributed by atoms with Crippen molar-refractivity contribution in [2.75, 3.05) is 11.9 Å². The first kappa shape index (κ1) is 19.1. The molecule has 8 heteroatoms. The zero-order valence-electron chi connectivity index (χ0n) is 15.8. The van der Waals surface area contributed by atoms with Crippen LogP contribution in [-0.4, -0.2) is 28.3 Å². The van der Waals surface area contributed by atoms with Gasteiger partial charge in [-0.25, -0.2) is 9.48 Å². The number of aryl methyl sites for hydroxylation is 2. The number of carbonyl (C=O) groups is 2. The van der Waals surface area contributed by atoms with Crippen molar-refractivity contribution in [3.8, 4) is 5.69 Å². The monoisotopic (exact) mass is 380 g/mol. The number of ether oxygens (including phenoxy) is 1. The number of nitrogens with zero attached hydrogens (tertiary/aromatic N) is 3. The van der Waals surface area contributed by atoms with Crippen molar-refractivity contribution >= 4 is 17.6 Å². The van der Waals surface area contributed by atoms with E-state index in [0.717, 1.165) is 16.9 Å². The summed E-state index contributed by atoms with van der Waals surface area (Å²) in [5.74, 6) is -1.38. The zero-order valence-corrected chi connectivity index (χ0v) is 15.8. The van der Waals surface area contributed by atoms with Gasteiger partial charge in [-0.05, 0) is 39.0 Å². The molecule has 0 aliphatic heterocycles. The first-order valence-corrected chi connectivity index (χ1v) is 8.65. The normalized spacial score (nSPS) is 10.5. The van der Waals surface area contributed by atoms with E-state index in [2.05, 4.69) is 10.4 Å². The Kier molecular flexibility index (Phi) is 5.39. The molecule has 3 rings (SSSR count). The van der Waals surface area contributed by atoms with Crippen LogP contribution in [0.5, 0.6) is 0 Å². The Bertz CT molecular complexity index is 1030. The molecule has 1 amide bonds. The topological polar surface area (TPSA) is 100 Å². The Hall–Kier alpha value is -3.68. The Balaban J connectivity index is 1.68. The minimum Gasteiger partial charge on any atom is -0.618 e. The van der Waals surface area contributed by atoms with Crippen molar-refractivity contribution in [3.63, 3.8) is 0 Å². The van der Waals surface area contributed by atoms with Gasteiger partial charge in [0.05, 0.1) is 22.8 Å². The molecular weight excluding hydrogens is 360 g/mol. The third-order valence-corrected chi connectivity index (χ3v) is 4.20. The summed E-state index contributed by atoms with van der Waals surface area (Å²) >= 11 is 0. The van der Waals surface area contributed by atoms with Gasteiger partial charge in [-0.15, -0.1) is 0 Å². The van der Waals surface area contributed by atoms with E-state index in [-0.39, 0.29) is 5.69 Å². The number of pyridine rings is 1. The second-order valence-corrected chi connectivity index (χ2v) is 6.33. The molecule has 0 aliphatic carbocycles. The number of esters is 1. The molecule has 0 aliphatic rings. The van der Waals surface area contributed by atoms with Gasteiger partial charge >= 0.3 is 11.7 Å². The van der Waals surface area contributed by atoms with E-state index in [0.29, 0.717) is 16.1 Å². The lowest BCUT2D eigenvalue weighted by Crippen LogP contribution is -2.35. The van der Waals surface area contributed by atoms with Crippen LogP contribution in [0.2, 0.25) is 0 Å². The maximum absolute atomic E-state index is 12.2. The van der Waals surface area contributed by atoms with Gasteiger partial charge in [0.15, 0.2) is 12.8 Å². The molecule has 144 valence electrons. The predicted octanol–water partition coefficient (Wildman–Crippen LogP) is 2.23. The average molecular weight is 380 g/mol. The number of carbonyl (C=O) groups excluding carboxylic acids is 2. The number of aromatic nitrogens is 3. The number of rotatable bonds is 5. The van der Waals surface area contributed by atoms with Crippen molar-refractivity contribution in [3.05, 3.63) is 76.5 Å². The Labute approximate surface area is 162 Å². The lowest BCUT2D eigenvalue weighted by atomic mass is 10.2. The molecule has 0 fully saturated rings. The highest BCUT2D eigenvalue weighted by Crippen LogP contribution is 2.23. The molecule has 3 aromatic rings. The fraction of sp³-hybridized carbons (Fsp3) is 0.200. The molecule has 8 nitrogen and oxygen atoms in total. The van der Waals surface area contributed by atoms with E-state index in [4.69, 9.17) is 4.74 Å². The average Bonchev–Trinajstić information content (AvgIpc) is 2.95. The summed E-state index contributed by atoms with van der Waals surface area (Å²) in [6, 6.07) is 12.2. The summed E-state index contributed by atoms with van der Waals surface area (Å²) in [5.41, 5.74) is 3.77. The Morgan fingerprint density at radius 2 is 1.86 bits per heavy atom. The van der Waals surface area contributed by atoms with Gasteiger partial charge in [-0.1, -0.05) is 17.7 Å². The summed E-state index contributed by atoms with van der Waals surface area (Å²) in [6.45, 7) is 5.11. The van der Waals surface area contributed by atoms with Crippen LogP contribution in [0.3, 0.4) is 0 Å². The van der Waals surface area contributed by atoms with Crippen molar-refractivity contribution in [1.82, 2.24) is 9.78 Å². The van der Waals surface area contributed by atoms with Crippen LogP contribution in [0.25, 0.3) is 5.69 Å². The summed E-state index contributed by atoms with van der Waals surface area (Å²) in [4.78, 5) is 24.2. The minimum absolute atomic E-state index is 0.185. The fourth-order valence-corrected chi connectivity index (χ4v) is 2.73. The van der Waals surface area contributed by atoms with Crippen LogP contribution in [0.1, 0.15) is 27.4 Å². The van der Waals surface area contributed by atoms with Crippen LogP contribution in [0, 0.1) is 26.0 Å². The number of hydrogen-bond donors (Lipinski definition) is 1. The molecule has 0 spiro atoms. The van der Waals surface area contributed by atoms with Gasteiger partial charge in [0.1, 0.15) is 0 Å². The largest absolute Gasteiger partial charge is 0.618 e. The molecule has 1 N–H and O–H groups in total. The molecule has 0 saturated heterocycles. The number of hydrogen-bond acceptors (Lipinski definition) is 5. The number of nitrogens with one attached hydrogen (secondary N) is 1. The Morgan fingerprint density at radius 1 is 1.14 bits per heavy atom.